The van der Waals surface area contributed by atoms with E-state index in [0.717, 1.165) is 17.1 Å². The van der Waals surface area contributed by atoms with Gasteiger partial charge < -0.3 is 9.88 Å². The quantitative estimate of drug-likeness (QED) is 0.798. The lowest BCUT2D eigenvalue weighted by Gasteiger charge is -2.09. The van der Waals surface area contributed by atoms with Gasteiger partial charge in [0.1, 0.15) is 5.69 Å². The van der Waals surface area contributed by atoms with Gasteiger partial charge in [-0.15, -0.1) is 5.10 Å². The van der Waals surface area contributed by atoms with E-state index in [1.54, 1.807) is 22.9 Å². The maximum Gasteiger partial charge on any atom is 0.277 e. The van der Waals surface area contributed by atoms with Crippen LogP contribution >= 0.6 is 11.5 Å². The number of anilines is 1. The first kappa shape index (κ1) is 15.1. The van der Waals surface area contributed by atoms with E-state index < -0.39 is 5.91 Å². The van der Waals surface area contributed by atoms with Crippen LogP contribution in [-0.4, -0.2) is 20.1 Å². The van der Waals surface area contributed by atoms with Gasteiger partial charge in [0.05, 0.1) is 6.54 Å². The zero-order valence-electron chi connectivity index (χ0n) is 12.4. The second-order valence-corrected chi connectivity index (χ2v) is 5.69. The standard InChI is InChI=1S/C16H14N4O2S/c1-11-4-6-12(7-5-11)9-20-8-2-3-13(16(20)22)17-15(21)14-10-23-19-18-14/h2-8,10H,9H2,1H3,(H,17,21). The summed E-state index contributed by atoms with van der Waals surface area (Å²) in [5, 5.41) is 7.80. The molecule has 0 spiro atoms. The third-order valence-electron chi connectivity index (χ3n) is 3.33. The van der Waals surface area contributed by atoms with Crippen LogP contribution in [0.15, 0.2) is 52.8 Å². The van der Waals surface area contributed by atoms with Gasteiger partial charge in [-0.3, -0.25) is 9.59 Å². The monoisotopic (exact) mass is 326 g/mol. The van der Waals surface area contributed by atoms with Crippen molar-refractivity contribution in [2.75, 3.05) is 5.32 Å². The van der Waals surface area contributed by atoms with Crippen molar-refractivity contribution in [2.45, 2.75) is 13.5 Å². The van der Waals surface area contributed by atoms with Gasteiger partial charge in [-0.25, -0.2) is 0 Å². The minimum Gasteiger partial charge on any atom is -0.316 e. The van der Waals surface area contributed by atoms with Crippen molar-refractivity contribution in [1.82, 2.24) is 14.2 Å². The summed E-state index contributed by atoms with van der Waals surface area (Å²) in [5.41, 5.74) is 2.34. The number of aromatic nitrogens is 3. The number of carbonyl (C=O) groups is 1. The molecule has 116 valence electrons. The lowest BCUT2D eigenvalue weighted by atomic mass is 10.1. The highest BCUT2D eigenvalue weighted by Crippen LogP contribution is 2.07. The molecule has 2 aromatic heterocycles. The smallest absolute Gasteiger partial charge is 0.277 e. The second-order valence-electron chi connectivity index (χ2n) is 5.08. The van der Waals surface area contributed by atoms with Crippen LogP contribution < -0.4 is 10.9 Å². The number of nitrogens with zero attached hydrogens (tertiary/aromatic N) is 3. The zero-order chi connectivity index (χ0) is 16.2. The van der Waals surface area contributed by atoms with E-state index in [1.807, 2.05) is 31.2 Å². The van der Waals surface area contributed by atoms with E-state index >= 15 is 0 Å². The van der Waals surface area contributed by atoms with E-state index in [-0.39, 0.29) is 16.9 Å². The molecule has 1 amide bonds. The Morgan fingerprint density at radius 3 is 2.74 bits per heavy atom. The molecule has 0 bridgehead atoms. The van der Waals surface area contributed by atoms with Gasteiger partial charge in [0.25, 0.3) is 11.5 Å². The minimum atomic E-state index is -0.441. The van der Waals surface area contributed by atoms with Crippen molar-refractivity contribution >= 4 is 23.1 Å². The van der Waals surface area contributed by atoms with Crippen molar-refractivity contribution in [3.8, 4) is 0 Å². The molecule has 7 heteroatoms. The summed E-state index contributed by atoms with van der Waals surface area (Å²) in [6.07, 6.45) is 1.70. The molecule has 3 aromatic rings. The third-order valence-corrected chi connectivity index (χ3v) is 3.84. The Labute approximate surface area is 136 Å². The second kappa shape index (κ2) is 6.53. The number of pyridine rings is 1. The van der Waals surface area contributed by atoms with Gasteiger partial charge in [-0.05, 0) is 36.2 Å². The van der Waals surface area contributed by atoms with Crippen LogP contribution in [0.5, 0.6) is 0 Å². The molecule has 0 aliphatic heterocycles. The van der Waals surface area contributed by atoms with E-state index in [2.05, 4.69) is 14.9 Å². The van der Waals surface area contributed by atoms with Gasteiger partial charge in [-0.2, -0.15) is 0 Å². The summed E-state index contributed by atoms with van der Waals surface area (Å²) in [7, 11) is 0. The number of nitrogens with one attached hydrogen (secondary N) is 1. The minimum absolute atomic E-state index is 0.198. The molecule has 0 atom stereocenters. The Kier molecular flexibility index (Phi) is 4.29. The number of hydrogen-bond donors (Lipinski definition) is 1. The predicted octanol–water partition coefficient (Wildman–Crippen LogP) is 2.31. The molecule has 1 N–H and O–H groups in total. The predicted molar refractivity (Wildman–Crippen MR) is 88.8 cm³/mol. The Morgan fingerprint density at radius 1 is 1.26 bits per heavy atom. The SMILES string of the molecule is Cc1ccc(Cn2cccc(NC(=O)c3csnn3)c2=O)cc1. The van der Waals surface area contributed by atoms with Crippen molar-refractivity contribution in [2.24, 2.45) is 0 Å². The van der Waals surface area contributed by atoms with Gasteiger partial charge in [-0.1, -0.05) is 34.3 Å². The summed E-state index contributed by atoms with van der Waals surface area (Å²) in [4.78, 5) is 24.4. The highest BCUT2D eigenvalue weighted by Gasteiger charge is 2.12. The summed E-state index contributed by atoms with van der Waals surface area (Å²) in [5.74, 6) is -0.441. The number of benzene rings is 1. The van der Waals surface area contributed by atoms with Gasteiger partial charge >= 0.3 is 0 Å². The van der Waals surface area contributed by atoms with Crippen molar-refractivity contribution in [1.29, 1.82) is 0 Å². The molecule has 0 fully saturated rings. The molecule has 23 heavy (non-hydrogen) atoms. The van der Waals surface area contributed by atoms with Crippen LogP contribution in [0.3, 0.4) is 0 Å². The van der Waals surface area contributed by atoms with Gasteiger partial charge in [0.2, 0.25) is 0 Å². The zero-order valence-corrected chi connectivity index (χ0v) is 13.2. The fraction of sp³-hybridized carbons (Fsp3) is 0.125. The number of hydrogen-bond acceptors (Lipinski definition) is 5. The molecule has 0 aliphatic carbocycles. The molecule has 0 saturated heterocycles. The maximum atomic E-state index is 12.5. The number of amides is 1. The van der Waals surface area contributed by atoms with E-state index in [1.165, 1.54) is 10.9 Å². The molecule has 3 rings (SSSR count). The van der Waals surface area contributed by atoms with Crippen LogP contribution in [0.1, 0.15) is 21.6 Å². The number of rotatable bonds is 4. The average Bonchev–Trinajstić information content (AvgIpc) is 3.08. The molecule has 2 heterocycles. The molecule has 0 saturated carbocycles. The van der Waals surface area contributed by atoms with E-state index in [4.69, 9.17) is 0 Å². The van der Waals surface area contributed by atoms with Crippen LogP contribution in [-0.2, 0) is 6.54 Å². The first-order valence-corrected chi connectivity index (χ1v) is 7.80. The topological polar surface area (TPSA) is 76.9 Å². The highest BCUT2D eigenvalue weighted by molar-refractivity contribution is 7.03. The Bertz CT molecular complexity index is 870. The Morgan fingerprint density at radius 2 is 2.04 bits per heavy atom. The molecule has 6 nitrogen and oxygen atoms in total. The number of carbonyl (C=O) groups excluding carboxylic acids is 1. The fourth-order valence-electron chi connectivity index (χ4n) is 2.10. The lowest BCUT2D eigenvalue weighted by Crippen LogP contribution is -2.26. The van der Waals surface area contributed by atoms with Crippen molar-refractivity contribution in [3.63, 3.8) is 0 Å². The molecule has 0 unspecified atom stereocenters. The summed E-state index contributed by atoms with van der Waals surface area (Å²) in [6.45, 7) is 2.46. The van der Waals surface area contributed by atoms with Crippen LogP contribution in [0.4, 0.5) is 5.69 Å². The molecule has 0 aliphatic rings. The normalized spacial score (nSPS) is 10.5. The maximum absolute atomic E-state index is 12.5. The third kappa shape index (κ3) is 3.51. The van der Waals surface area contributed by atoms with Crippen LogP contribution in [0.2, 0.25) is 0 Å². The summed E-state index contributed by atoms with van der Waals surface area (Å²) in [6, 6.07) is 11.3. The number of aryl methyl sites for hydroxylation is 1. The van der Waals surface area contributed by atoms with Crippen molar-refractivity contribution in [3.05, 3.63) is 75.1 Å². The summed E-state index contributed by atoms with van der Waals surface area (Å²) < 4.78 is 5.19. The van der Waals surface area contributed by atoms with E-state index in [0.29, 0.717) is 6.54 Å². The first-order valence-electron chi connectivity index (χ1n) is 6.97. The van der Waals surface area contributed by atoms with Gasteiger partial charge in [0, 0.05) is 11.6 Å². The lowest BCUT2D eigenvalue weighted by molar-refractivity contribution is 0.102. The van der Waals surface area contributed by atoms with Crippen molar-refractivity contribution < 1.29 is 4.79 Å². The summed E-state index contributed by atoms with van der Waals surface area (Å²) >= 11 is 1.08. The Balaban J connectivity index is 1.82. The molecule has 1 aromatic carbocycles. The van der Waals surface area contributed by atoms with Gasteiger partial charge in [0.15, 0.2) is 5.69 Å². The molecular weight excluding hydrogens is 312 g/mol. The van der Waals surface area contributed by atoms with E-state index in [9.17, 15) is 9.59 Å². The average molecular weight is 326 g/mol. The largest absolute Gasteiger partial charge is 0.316 e. The first-order chi connectivity index (χ1) is 11.1. The molecule has 0 radical (unpaired) electrons. The fourth-order valence-corrected chi connectivity index (χ4v) is 2.53. The van der Waals surface area contributed by atoms with Crippen LogP contribution in [0.25, 0.3) is 0 Å². The Hall–Kier alpha value is -2.80. The van der Waals surface area contributed by atoms with Crippen LogP contribution in [0, 0.1) is 6.92 Å². The molecular formula is C16H14N4O2S. The highest BCUT2D eigenvalue weighted by atomic mass is 32.1.